The number of benzene rings is 3. The van der Waals surface area contributed by atoms with Crippen molar-refractivity contribution >= 4 is 54.9 Å². The summed E-state index contributed by atoms with van der Waals surface area (Å²) in [7, 11) is 1.52. The molecule has 0 saturated carbocycles. The molecule has 0 saturated heterocycles. The summed E-state index contributed by atoms with van der Waals surface area (Å²) in [4.78, 5) is 29.1. The number of methoxy groups -OCH3 is 1. The zero-order valence-electron chi connectivity index (χ0n) is 20.1. The standard InChI is InChI=1S/C27H23Br2N3O5/c1-3-5-25-31-22-9-8-19(28)12-20(22)26(33)32(25)30-14-18-11-23(36-2)24(13-21(18)29)37-15-16-6-4-7-17(10-16)27(34)35/h4,6-14H,3,5,15H2,1-2H3,(H,34,35). The molecule has 0 aliphatic rings. The minimum Gasteiger partial charge on any atom is -0.493 e. The largest absolute Gasteiger partial charge is 0.493 e. The molecule has 1 N–H and O–H groups in total. The Morgan fingerprint density at radius 3 is 2.68 bits per heavy atom. The Hall–Kier alpha value is -3.50. The zero-order chi connectivity index (χ0) is 26.5. The highest BCUT2D eigenvalue weighted by molar-refractivity contribution is 9.10. The number of hydrogen-bond donors (Lipinski definition) is 1. The molecule has 4 aromatic rings. The van der Waals surface area contributed by atoms with Crippen molar-refractivity contribution in [3.63, 3.8) is 0 Å². The van der Waals surface area contributed by atoms with E-state index >= 15 is 0 Å². The van der Waals surface area contributed by atoms with E-state index in [1.54, 1.807) is 42.6 Å². The summed E-state index contributed by atoms with van der Waals surface area (Å²) in [5, 5.41) is 14.1. The Bertz CT molecular complexity index is 1570. The fourth-order valence-corrected chi connectivity index (χ4v) is 4.48. The lowest BCUT2D eigenvalue weighted by atomic mass is 10.1. The van der Waals surface area contributed by atoms with Gasteiger partial charge in [-0.3, -0.25) is 4.79 Å². The quantitative estimate of drug-likeness (QED) is 0.227. The molecule has 37 heavy (non-hydrogen) atoms. The third-order valence-corrected chi connectivity index (χ3v) is 6.69. The van der Waals surface area contributed by atoms with Gasteiger partial charge in [0.05, 0.1) is 29.8 Å². The van der Waals surface area contributed by atoms with Crippen LogP contribution in [0.5, 0.6) is 11.5 Å². The second-order valence-electron chi connectivity index (χ2n) is 8.12. The van der Waals surface area contributed by atoms with Crippen LogP contribution in [-0.4, -0.2) is 34.1 Å². The molecule has 10 heteroatoms. The van der Waals surface area contributed by atoms with Crippen LogP contribution < -0.4 is 15.0 Å². The third-order valence-electron chi connectivity index (χ3n) is 5.51. The van der Waals surface area contributed by atoms with Crippen molar-refractivity contribution in [1.29, 1.82) is 0 Å². The van der Waals surface area contributed by atoms with Crippen LogP contribution in [0.15, 0.2) is 73.4 Å². The van der Waals surface area contributed by atoms with Crippen molar-refractivity contribution in [2.45, 2.75) is 26.4 Å². The molecule has 1 aromatic heterocycles. The molecule has 3 aromatic carbocycles. The predicted octanol–water partition coefficient (Wildman–Crippen LogP) is 6.04. The lowest BCUT2D eigenvalue weighted by Gasteiger charge is -2.13. The van der Waals surface area contributed by atoms with Crippen LogP contribution in [0.3, 0.4) is 0 Å². The van der Waals surface area contributed by atoms with E-state index in [9.17, 15) is 14.7 Å². The van der Waals surface area contributed by atoms with Gasteiger partial charge in [0.25, 0.3) is 5.56 Å². The molecule has 0 unspecified atom stereocenters. The zero-order valence-corrected chi connectivity index (χ0v) is 23.2. The number of aromatic nitrogens is 2. The van der Waals surface area contributed by atoms with E-state index in [2.05, 4.69) is 41.9 Å². The first-order chi connectivity index (χ1) is 17.8. The first kappa shape index (κ1) is 26.6. The Labute approximate surface area is 229 Å². The number of nitrogens with zero attached hydrogens (tertiary/aromatic N) is 3. The maximum atomic E-state index is 13.2. The smallest absolute Gasteiger partial charge is 0.335 e. The van der Waals surface area contributed by atoms with Crippen LogP contribution >= 0.6 is 31.9 Å². The maximum Gasteiger partial charge on any atom is 0.335 e. The fourth-order valence-electron chi connectivity index (χ4n) is 3.70. The topological polar surface area (TPSA) is 103 Å². The molecule has 0 radical (unpaired) electrons. The van der Waals surface area contributed by atoms with Crippen molar-refractivity contribution in [3.05, 3.63) is 96.4 Å². The number of hydrogen-bond acceptors (Lipinski definition) is 6. The monoisotopic (exact) mass is 627 g/mol. The third kappa shape index (κ3) is 6.08. The Kier molecular flexibility index (Phi) is 8.40. The molecular weight excluding hydrogens is 606 g/mol. The second kappa shape index (κ2) is 11.7. The van der Waals surface area contributed by atoms with Gasteiger partial charge >= 0.3 is 5.97 Å². The summed E-state index contributed by atoms with van der Waals surface area (Å²) in [6.45, 7) is 2.18. The van der Waals surface area contributed by atoms with Crippen LogP contribution in [0, 0.1) is 0 Å². The van der Waals surface area contributed by atoms with Crippen LogP contribution in [0.4, 0.5) is 0 Å². The summed E-state index contributed by atoms with van der Waals surface area (Å²) >= 11 is 6.96. The lowest BCUT2D eigenvalue weighted by Crippen LogP contribution is -2.22. The van der Waals surface area contributed by atoms with Crippen LogP contribution in [0.2, 0.25) is 0 Å². The number of carbonyl (C=O) groups is 1. The van der Waals surface area contributed by atoms with Crippen LogP contribution in [0.25, 0.3) is 10.9 Å². The van der Waals surface area contributed by atoms with Crippen molar-refractivity contribution < 1.29 is 19.4 Å². The van der Waals surface area contributed by atoms with Crippen LogP contribution in [0.1, 0.15) is 40.7 Å². The summed E-state index contributed by atoms with van der Waals surface area (Å²) in [6.07, 6.45) is 2.97. The van der Waals surface area contributed by atoms with Gasteiger partial charge in [0.2, 0.25) is 0 Å². The molecular formula is C27H23Br2N3O5. The van der Waals surface area contributed by atoms with E-state index < -0.39 is 5.97 Å². The molecule has 0 bridgehead atoms. The van der Waals surface area contributed by atoms with Crippen molar-refractivity contribution in [2.24, 2.45) is 5.10 Å². The molecule has 0 aliphatic heterocycles. The highest BCUT2D eigenvalue weighted by Crippen LogP contribution is 2.33. The molecule has 4 rings (SSSR count). The summed E-state index contributed by atoms with van der Waals surface area (Å²) in [5.74, 6) is 0.500. The van der Waals surface area contributed by atoms with Gasteiger partial charge < -0.3 is 14.6 Å². The highest BCUT2D eigenvalue weighted by atomic mass is 79.9. The van der Waals surface area contributed by atoms with Gasteiger partial charge in [0.1, 0.15) is 12.4 Å². The number of aromatic carboxylic acids is 1. The molecule has 8 nitrogen and oxygen atoms in total. The van der Waals surface area contributed by atoms with E-state index in [1.807, 2.05) is 19.1 Å². The summed E-state index contributed by atoms with van der Waals surface area (Å²) < 4.78 is 14.2. The van der Waals surface area contributed by atoms with Crippen molar-refractivity contribution in [2.75, 3.05) is 7.11 Å². The van der Waals surface area contributed by atoms with E-state index in [-0.39, 0.29) is 17.7 Å². The first-order valence-electron chi connectivity index (χ1n) is 11.4. The van der Waals surface area contributed by atoms with Gasteiger partial charge in [-0.05, 0) is 70.4 Å². The van der Waals surface area contributed by atoms with Gasteiger partial charge in [0, 0.05) is 20.9 Å². The van der Waals surface area contributed by atoms with Gasteiger partial charge in [-0.2, -0.15) is 9.78 Å². The summed E-state index contributed by atoms with van der Waals surface area (Å²) in [5.41, 5.74) is 1.94. The van der Waals surface area contributed by atoms with Gasteiger partial charge in [-0.15, -0.1) is 0 Å². The van der Waals surface area contributed by atoms with E-state index in [0.29, 0.717) is 50.2 Å². The van der Waals surface area contributed by atoms with E-state index in [1.165, 1.54) is 17.9 Å². The van der Waals surface area contributed by atoms with Crippen LogP contribution in [-0.2, 0) is 13.0 Å². The minimum absolute atomic E-state index is 0.158. The molecule has 0 amide bonds. The predicted molar refractivity (Wildman–Crippen MR) is 149 cm³/mol. The second-order valence-corrected chi connectivity index (χ2v) is 9.89. The normalized spacial score (nSPS) is 11.2. The molecule has 0 spiro atoms. The van der Waals surface area contributed by atoms with Crippen molar-refractivity contribution in [3.8, 4) is 11.5 Å². The fraction of sp³-hybridized carbons (Fsp3) is 0.185. The minimum atomic E-state index is -0.999. The average Bonchev–Trinajstić information content (AvgIpc) is 2.88. The van der Waals surface area contributed by atoms with E-state index in [0.717, 1.165) is 10.9 Å². The number of ether oxygens (including phenoxy) is 2. The SMILES string of the molecule is CCCc1nc2ccc(Br)cc2c(=O)n1N=Cc1cc(OC)c(OCc2cccc(C(=O)O)c2)cc1Br. The Balaban J connectivity index is 1.65. The molecule has 0 aliphatic carbocycles. The molecule has 0 atom stereocenters. The Morgan fingerprint density at radius 1 is 1.14 bits per heavy atom. The average molecular weight is 629 g/mol. The Morgan fingerprint density at radius 2 is 1.95 bits per heavy atom. The molecule has 0 fully saturated rings. The number of carboxylic acid groups (broad SMARTS) is 1. The number of halogens is 2. The molecule has 1 heterocycles. The number of fused-ring (bicyclic) bond motifs is 1. The van der Waals surface area contributed by atoms with Gasteiger partial charge in [-0.25, -0.2) is 9.78 Å². The van der Waals surface area contributed by atoms with E-state index in [4.69, 9.17) is 9.47 Å². The number of carboxylic acids is 1. The summed E-state index contributed by atoms with van der Waals surface area (Å²) in [6, 6.07) is 15.4. The first-order valence-corrected chi connectivity index (χ1v) is 13.0. The van der Waals surface area contributed by atoms with Gasteiger partial charge in [-0.1, -0.05) is 35.0 Å². The number of aryl methyl sites for hydroxylation is 1. The van der Waals surface area contributed by atoms with Crippen molar-refractivity contribution in [1.82, 2.24) is 9.66 Å². The number of rotatable bonds is 9. The molecule has 190 valence electrons. The maximum absolute atomic E-state index is 13.2. The highest BCUT2D eigenvalue weighted by Gasteiger charge is 2.13. The van der Waals surface area contributed by atoms with Gasteiger partial charge in [0.15, 0.2) is 11.5 Å². The lowest BCUT2D eigenvalue weighted by molar-refractivity contribution is 0.0696.